The highest BCUT2D eigenvalue weighted by Gasteiger charge is 2.18. The lowest BCUT2D eigenvalue weighted by Gasteiger charge is -2.18. The number of carbonyl (C=O) groups excluding carboxylic acids is 1. The Labute approximate surface area is 146 Å². The number of fused-ring (bicyclic) bond motifs is 1. The van der Waals surface area contributed by atoms with E-state index in [1.807, 2.05) is 49.4 Å². The van der Waals surface area contributed by atoms with Crippen LogP contribution in [0.25, 0.3) is 10.8 Å². The predicted molar refractivity (Wildman–Crippen MR) is 97.2 cm³/mol. The third-order valence-corrected chi connectivity index (χ3v) is 4.14. The Balaban J connectivity index is 1.87. The molecule has 5 heteroatoms. The number of nitrogens with zero attached hydrogens (tertiary/aromatic N) is 1. The van der Waals surface area contributed by atoms with E-state index in [9.17, 15) is 4.79 Å². The molecule has 1 N–H and O–H groups in total. The molecule has 0 spiro atoms. The Hall–Kier alpha value is -3.08. The van der Waals surface area contributed by atoms with E-state index in [1.165, 1.54) is 0 Å². The fraction of sp³-hybridized carbons (Fsp3) is 0.200. The van der Waals surface area contributed by atoms with Gasteiger partial charge in [0.25, 0.3) is 5.91 Å². The number of nitrogens with one attached hydrogen (secondary N) is 1. The van der Waals surface area contributed by atoms with Crippen molar-refractivity contribution in [3.63, 3.8) is 0 Å². The lowest BCUT2D eigenvalue weighted by molar-refractivity contribution is 0.0936. The van der Waals surface area contributed by atoms with Gasteiger partial charge in [-0.1, -0.05) is 24.3 Å². The molecule has 5 nitrogen and oxygen atoms in total. The molecule has 3 rings (SSSR count). The number of methoxy groups -OCH3 is 2. The second kappa shape index (κ2) is 7.21. The summed E-state index contributed by atoms with van der Waals surface area (Å²) in [6.45, 7) is 1.91. The van der Waals surface area contributed by atoms with Gasteiger partial charge in [-0.15, -0.1) is 0 Å². The number of amides is 1. The van der Waals surface area contributed by atoms with Gasteiger partial charge in [-0.3, -0.25) is 9.78 Å². The van der Waals surface area contributed by atoms with Gasteiger partial charge in [0, 0.05) is 23.2 Å². The van der Waals surface area contributed by atoms with E-state index in [2.05, 4.69) is 10.3 Å². The highest BCUT2D eigenvalue weighted by atomic mass is 16.5. The van der Waals surface area contributed by atoms with Crippen molar-refractivity contribution in [3.8, 4) is 11.5 Å². The van der Waals surface area contributed by atoms with Gasteiger partial charge in [-0.2, -0.15) is 0 Å². The molecular weight excluding hydrogens is 316 g/mol. The number of aromatic nitrogens is 1. The van der Waals surface area contributed by atoms with E-state index in [0.29, 0.717) is 17.2 Å². The zero-order valence-electron chi connectivity index (χ0n) is 14.4. The number of rotatable bonds is 5. The summed E-state index contributed by atoms with van der Waals surface area (Å²) in [5.41, 5.74) is 1.29. The zero-order chi connectivity index (χ0) is 17.8. The largest absolute Gasteiger partial charge is 0.497 e. The summed E-state index contributed by atoms with van der Waals surface area (Å²) in [5, 5.41) is 4.81. The summed E-state index contributed by atoms with van der Waals surface area (Å²) in [7, 11) is 3.20. The number of ether oxygens (including phenoxy) is 2. The third-order valence-electron chi connectivity index (χ3n) is 4.14. The summed E-state index contributed by atoms with van der Waals surface area (Å²) < 4.78 is 10.6. The summed E-state index contributed by atoms with van der Waals surface area (Å²) >= 11 is 0. The van der Waals surface area contributed by atoms with Gasteiger partial charge in [-0.05, 0) is 30.5 Å². The highest BCUT2D eigenvalue weighted by molar-refractivity contribution is 6.05. The van der Waals surface area contributed by atoms with Crippen molar-refractivity contribution in [1.82, 2.24) is 10.3 Å². The lowest BCUT2D eigenvalue weighted by atomic mass is 10.1. The molecule has 3 aromatic rings. The fourth-order valence-electron chi connectivity index (χ4n) is 2.82. The SMILES string of the molecule is COc1ccc([C@H](C)NC(=O)c2nccc3ccccc23)c(OC)c1. The van der Waals surface area contributed by atoms with Crippen molar-refractivity contribution in [2.24, 2.45) is 0 Å². The molecule has 0 bridgehead atoms. The second-order valence-electron chi connectivity index (χ2n) is 5.68. The van der Waals surface area contributed by atoms with E-state index in [-0.39, 0.29) is 11.9 Å². The van der Waals surface area contributed by atoms with Gasteiger partial charge in [-0.25, -0.2) is 0 Å². The van der Waals surface area contributed by atoms with Gasteiger partial charge in [0.2, 0.25) is 0 Å². The Morgan fingerprint density at radius 2 is 1.88 bits per heavy atom. The van der Waals surface area contributed by atoms with Crippen LogP contribution in [0, 0.1) is 0 Å². The molecule has 0 aliphatic carbocycles. The third kappa shape index (κ3) is 3.40. The molecule has 0 aliphatic heterocycles. The Morgan fingerprint density at radius 1 is 1.08 bits per heavy atom. The minimum atomic E-state index is -0.242. The maximum Gasteiger partial charge on any atom is 0.270 e. The smallest absolute Gasteiger partial charge is 0.270 e. The molecule has 0 radical (unpaired) electrons. The van der Waals surface area contributed by atoms with Crippen LogP contribution in [0.5, 0.6) is 11.5 Å². The Kier molecular flexibility index (Phi) is 4.84. The molecule has 0 fully saturated rings. The van der Waals surface area contributed by atoms with Crippen LogP contribution in [0.2, 0.25) is 0 Å². The topological polar surface area (TPSA) is 60.5 Å². The average molecular weight is 336 g/mol. The Morgan fingerprint density at radius 3 is 2.64 bits per heavy atom. The molecule has 1 amide bonds. The quantitative estimate of drug-likeness (QED) is 0.771. The van der Waals surface area contributed by atoms with E-state index in [1.54, 1.807) is 26.5 Å². The number of carbonyl (C=O) groups is 1. The van der Waals surface area contributed by atoms with Crippen LogP contribution in [0.4, 0.5) is 0 Å². The summed E-state index contributed by atoms with van der Waals surface area (Å²) in [4.78, 5) is 17.0. The zero-order valence-corrected chi connectivity index (χ0v) is 14.4. The molecule has 0 unspecified atom stereocenters. The molecular formula is C20H20N2O3. The van der Waals surface area contributed by atoms with Crippen molar-refractivity contribution >= 4 is 16.7 Å². The summed E-state index contributed by atoms with van der Waals surface area (Å²) in [6, 6.07) is 14.9. The first-order valence-corrected chi connectivity index (χ1v) is 8.00. The van der Waals surface area contributed by atoms with Crippen LogP contribution >= 0.6 is 0 Å². The van der Waals surface area contributed by atoms with E-state index in [0.717, 1.165) is 16.3 Å². The Bertz CT molecular complexity index is 903. The number of hydrogen-bond donors (Lipinski definition) is 1. The van der Waals surface area contributed by atoms with E-state index in [4.69, 9.17) is 9.47 Å². The molecule has 25 heavy (non-hydrogen) atoms. The van der Waals surface area contributed by atoms with Crippen molar-refractivity contribution in [3.05, 3.63) is 66.0 Å². The van der Waals surface area contributed by atoms with Gasteiger partial charge >= 0.3 is 0 Å². The molecule has 0 aliphatic rings. The van der Waals surface area contributed by atoms with Crippen LogP contribution < -0.4 is 14.8 Å². The van der Waals surface area contributed by atoms with Crippen molar-refractivity contribution in [1.29, 1.82) is 0 Å². The second-order valence-corrected chi connectivity index (χ2v) is 5.68. The maximum atomic E-state index is 12.7. The van der Waals surface area contributed by atoms with Gasteiger partial charge in [0.1, 0.15) is 17.2 Å². The van der Waals surface area contributed by atoms with Gasteiger partial charge < -0.3 is 14.8 Å². The van der Waals surface area contributed by atoms with Crippen LogP contribution in [0.15, 0.2) is 54.7 Å². The average Bonchev–Trinajstić information content (AvgIpc) is 2.66. The van der Waals surface area contributed by atoms with Crippen LogP contribution in [-0.2, 0) is 0 Å². The molecule has 1 heterocycles. The fourth-order valence-corrected chi connectivity index (χ4v) is 2.82. The van der Waals surface area contributed by atoms with Crippen molar-refractivity contribution in [2.75, 3.05) is 14.2 Å². The standard InChI is InChI=1S/C20H20N2O3/c1-13(16-9-8-15(24-2)12-18(16)25-3)22-20(23)19-17-7-5-4-6-14(17)10-11-21-19/h4-13H,1-3H3,(H,22,23)/t13-/m0/s1. The van der Waals surface area contributed by atoms with Crippen molar-refractivity contribution in [2.45, 2.75) is 13.0 Å². The first kappa shape index (κ1) is 16.8. The highest BCUT2D eigenvalue weighted by Crippen LogP contribution is 2.29. The van der Waals surface area contributed by atoms with E-state index >= 15 is 0 Å². The van der Waals surface area contributed by atoms with Crippen LogP contribution in [-0.4, -0.2) is 25.1 Å². The molecule has 0 saturated carbocycles. The summed E-state index contributed by atoms with van der Waals surface area (Å²) in [6.07, 6.45) is 1.65. The molecule has 1 atom stereocenters. The molecule has 2 aromatic carbocycles. The lowest BCUT2D eigenvalue weighted by Crippen LogP contribution is -2.27. The number of benzene rings is 2. The van der Waals surface area contributed by atoms with Crippen LogP contribution in [0.1, 0.15) is 29.0 Å². The van der Waals surface area contributed by atoms with Crippen molar-refractivity contribution < 1.29 is 14.3 Å². The number of pyridine rings is 1. The summed E-state index contributed by atoms with van der Waals surface area (Å²) in [5.74, 6) is 1.15. The minimum absolute atomic E-state index is 0.220. The normalized spacial score (nSPS) is 11.8. The van der Waals surface area contributed by atoms with Crippen LogP contribution in [0.3, 0.4) is 0 Å². The molecule has 0 saturated heterocycles. The number of hydrogen-bond acceptors (Lipinski definition) is 4. The molecule has 1 aromatic heterocycles. The predicted octanol–water partition coefficient (Wildman–Crippen LogP) is 3.74. The van der Waals surface area contributed by atoms with E-state index < -0.39 is 0 Å². The first-order valence-electron chi connectivity index (χ1n) is 8.00. The monoisotopic (exact) mass is 336 g/mol. The molecule has 128 valence electrons. The van der Waals surface area contributed by atoms with Gasteiger partial charge in [0.05, 0.1) is 20.3 Å². The van der Waals surface area contributed by atoms with Gasteiger partial charge in [0.15, 0.2) is 0 Å². The first-order chi connectivity index (χ1) is 12.1. The maximum absolute atomic E-state index is 12.7. The minimum Gasteiger partial charge on any atom is -0.497 e.